The van der Waals surface area contributed by atoms with Crippen LogP contribution in [0.4, 0.5) is 5.69 Å². The van der Waals surface area contributed by atoms with Crippen LogP contribution in [0.1, 0.15) is 29.7 Å². The molecule has 0 aliphatic carbocycles. The van der Waals surface area contributed by atoms with Crippen LogP contribution in [-0.4, -0.2) is 4.92 Å². The van der Waals surface area contributed by atoms with Gasteiger partial charge in [-0.15, -0.1) is 0 Å². The van der Waals surface area contributed by atoms with Gasteiger partial charge in [0, 0.05) is 18.7 Å². The van der Waals surface area contributed by atoms with Crippen molar-refractivity contribution in [1.29, 1.82) is 0 Å². The summed E-state index contributed by atoms with van der Waals surface area (Å²) >= 11 is 6.08. The SMILES string of the molecule is Cc1ccc([C@H](C)NCc2c(Cl)cccc2[N+](=O)[O-])cc1. The summed E-state index contributed by atoms with van der Waals surface area (Å²) in [6, 6.07) is 13.0. The Balaban J connectivity index is 2.13. The van der Waals surface area contributed by atoms with E-state index in [0.717, 1.165) is 5.56 Å². The van der Waals surface area contributed by atoms with E-state index in [9.17, 15) is 10.1 Å². The van der Waals surface area contributed by atoms with Gasteiger partial charge in [0.1, 0.15) is 0 Å². The van der Waals surface area contributed by atoms with Crippen molar-refractivity contribution >= 4 is 17.3 Å². The molecule has 5 heteroatoms. The molecular weight excluding hydrogens is 288 g/mol. The largest absolute Gasteiger partial charge is 0.306 e. The number of rotatable bonds is 5. The third kappa shape index (κ3) is 3.80. The number of nitro benzene ring substituents is 1. The maximum atomic E-state index is 11.0. The minimum atomic E-state index is -0.403. The summed E-state index contributed by atoms with van der Waals surface area (Å²) in [4.78, 5) is 10.6. The van der Waals surface area contributed by atoms with Gasteiger partial charge in [0.15, 0.2) is 0 Å². The molecule has 0 amide bonds. The Labute approximate surface area is 128 Å². The maximum absolute atomic E-state index is 11.0. The van der Waals surface area contributed by atoms with E-state index in [1.54, 1.807) is 12.1 Å². The van der Waals surface area contributed by atoms with Crippen LogP contribution in [0.25, 0.3) is 0 Å². The van der Waals surface area contributed by atoms with Gasteiger partial charge in [-0.2, -0.15) is 0 Å². The quantitative estimate of drug-likeness (QED) is 0.657. The Morgan fingerprint density at radius 3 is 2.52 bits per heavy atom. The van der Waals surface area contributed by atoms with Crippen molar-refractivity contribution in [2.75, 3.05) is 0 Å². The molecule has 1 N–H and O–H groups in total. The summed E-state index contributed by atoms with van der Waals surface area (Å²) in [5.41, 5.74) is 2.90. The zero-order valence-electron chi connectivity index (χ0n) is 12.0. The lowest BCUT2D eigenvalue weighted by Gasteiger charge is -2.15. The second kappa shape index (κ2) is 6.70. The first-order valence-corrected chi connectivity index (χ1v) is 7.08. The summed E-state index contributed by atoms with van der Waals surface area (Å²) in [5, 5.41) is 14.7. The molecule has 0 aliphatic heterocycles. The number of nitrogens with one attached hydrogen (secondary N) is 1. The number of nitrogens with zero attached hydrogens (tertiary/aromatic N) is 1. The lowest BCUT2D eigenvalue weighted by Crippen LogP contribution is -2.19. The van der Waals surface area contributed by atoms with Gasteiger partial charge in [0.2, 0.25) is 0 Å². The van der Waals surface area contributed by atoms with Crippen molar-refractivity contribution in [2.45, 2.75) is 26.4 Å². The zero-order valence-corrected chi connectivity index (χ0v) is 12.7. The lowest BCUT2D eigenvalue weighted by atomic mass is 10.1. The standard InChI is InChI=1S/C16H17ClN2O2/c1-11-6-8-13(9-7-11)12(2)18-10-14-15(17)4-3-5-16(14)19(20)21/h3-9,12,18H,10H2,1-2H3/t12-/m0/s1. The van der Waals surface area contributed by atoms with Crippen LogP contribution in [-0.2, 0) is 6.54 Å². The molecule has 0 aromatic heterocycles. The van der Waals surface area contributed by atoms with Crippen molar-refractivity contribution in [3.63, 3.8) is 0 Å². The van der Waals surface area contributed by atoms with Crippen LogP contribution in [0.2, 0.25) is 5.02 Å². The van der Waals surface area contributed by atoms with E-state index in [-0.39, 0.29) is 11.7 Å². The molecule has 0 radical (unpaired) electrons. The molecule has 21 heavy (non-hydrogen) atoms. The first-order chi connectivity index (χ1) is 9.99. The highest BCUT2D eigenvalue weighted by molar-refractivity contribution is 6.31. The van der Waals surface area contributed by atoms with Gasteiger partial charge >= 0.3 is 0 Å². The predicted octanol–water partition coefficient (Wildman–Crippen LogP) is 4.41. The third-order valence-corrected chi connectivity index (χ3v) is 3.81. The fourth-order valence-electron chi connectivity index (χ4n) is 2.12. The minimum Gasteiger partial charge on any atom is -0.306 e. The summed E-state index contributed by atoms with van der Waals surface area (Å²) in [7, 11) is 0. The molecule has 0 saturated heterocycles. The number of benzene rings is 2. The Hall–Kier alpha value is -1.91. The van der Waals surface area contributed by atoms with Gasteiger partial charge in [-0.25, -0.2) is 0 Å². The minimum absolute atomic E-state index is 0.0473. The fourth-order valence-corrected chi connectivity index (χ4v) is 2.36. The number of hydrogen-bond donors (Lipinski definition) is 1. The van der Waals surface area contributed by atoms with Crippen LogP contribution in [0.5, 0.6) is 0 Å². The number of aryl methyl sites for hydroxylation is 1. The van der Waals surface area contributed by atoms with Gasteiger partial charge in [0.25, 0.3) is 5.69 Å². The predicted molar refractivity (Wildman–Crippen MR) is 84.5 cm³/mol. The van der Waals surface area contributed by atoms with Gasteiger partial charge < -0.3 is 5.32 Å². The van der Waals surface area contributed by atoms with Crippen LogP contribution >= 0.6 is 11.6 Å². The molecule has 2 aromatic rings. The van der Waals surface area contributed by atoms with Crippen LogP contribution in [0, 0.1) is 17.0 Å². The first kappa shape index (κ1) is 15.5. The molecule has 0 saturated carbocycles. The van der Waals surface area contributed by atoms with Crippen molar-refractivity contribution in [3.05, 3.63) is 74.3 Å². The van der Waals surface area contributed by atoms with Gasteiger partial charge in [-0.1, -0.05) is 47.5 Å². The molecule has 4 nitrogen and oxygen atoms in total. The van der Waals surface area contributed by atoms with E-state index in [1.807, 2.05) is 38.1 Å². The second-order valence-corrected chi connectivity index (χ2v) is 5.42. The topological polar surface area (TPSA) is 55.2 Å². The van der Waals surface area contributed by atoms with E-state index in [0.29, 0.717) is 17.1 Å². The molecule has 2 rings (SSSR count). The fraction of sp³-hybridized carbons (Fsp3) is 0.250. The van der Waals surface area contributed by atoms with E-state index >= 15 is 0 Å². The number of halogens is 1. The monoisotopic (exact) mass is 304 g/mol. The Bertz CT molecular complexity index is 641. The molecule has 0 bridgehead atoms. The second-order valence-electron chi connectivity index (χ2n) is 5.01. The Morgan fingerprint density at radius 1 is 1.24 bits per heavy atom. The van der Waals surface area contributed by atoms with Crippen LogP contribution in [0.15, 0.2) is 42.5 Å². The van der Waals surface area contributed by atoms with Crippen molar-refractivity contribution in [3.8, 4) is 0 Å². The highest BCUT2D eigenvalue weighted by Gasteiger charge is 2.17. The molecule has 0 fully saturated rings. The summed E-state index contributed by atoms with van der Waals surface area (Å²) in [6.07, 6.45) is 0. The van der Waals surface area contributed by atoms with Crippen molar-refractivity contribution in [1.82, 2.24) is 5.32 Å². The van der Waals surface area contributed by atoms with E-state index < -0.39 is 4.92 Å². The molecule has 2 aromatic carbocycles. The molecule has 0 unspecified atom stereocenters. The zero-order chi connectivity index (χ0) is 15.4. The van der Waals surface area contributed by atoms with E-state index in [2.05, 4.69) is 5.32 Å². The molecule has 0 heterocycles. The van der Waals surface area contributed by atoms with Crippen molar-refractivity contribution in [2.24, 2.45) is 0 Å². The molecule has 0 spiro atoms. The summed E-state index contributed by atoms with van der Waals surface area (Å²) in [5.74, 6) is 0. The third-order valence-electron chi connectivity index (χ3n) is 3.45. The normalized spacial score (nSPS) is 12.1. The smallest absolute Gasteiger partial charge is 0.275 e. The van der Waals surface area contributed by atoms with Crippen LogP contribution in [0.3, 0.4) is 0 Å². The van der Waals surface area contributed by atoms with Gasteiger partial charge in [-0.3, -0.25) is 10.1 Å². The number of hydrogen-bond acceptors (Lipinski definition) is 3. The summed E-state index contributed by atoms with van der Waals surface area (Å²) in [6.45, 7) is 4.41. The van der Waals surface area contributed by atoms with Crippen molar-refractivity contribution < 1.29 is 4.92 Å². The molecule has 0 aliphatic rings. The molecule has 110 valence electrons. The van der Waals surface area contributed by atoms with E-state index in [1.165, 1.54) is 11.6 Å². The lowest BCUT2D eigenvalue weighted by molar-refractivity contribution is -0.385. The maximum Gasteiger partial charge on any atom is 0.275 e. The molecule has 1 atom stereocenters. The highest BCUT2D eigenvalue weighted by atomic mass is 35.5. The average molecular weight is 305 g/mol. The molecular formula is C16H17ClN2O2. The van der Waals surface area contributed by atoms with Gasteiger partial charge in [-0.05, 0) is 25.5 Å². The van der Waals surface area contributed by atoms with E-state index in [4.69, 9.17) is 11.6 Å². The average Bonchev–Trinajstić information content (AvgIpc) is 2.46. The highest BCUT2D eigenvalue weighted by Crippen LogP contribution is 2.26. The summed E-state index contributed by atoms with van der Waals surface area (Å²) < 4.78 is 0. The number of nitro groups is 1. The Kier molecular flexibility index (Phi) is 4.94. The Morgan fingerprint density at radius 2 is 1.90 bits per heavy atom. The van der Waals surface area contributed by atoms with Crippen LogP contribution < -0.4 is 5.32 Å². The van der Waals surface area contributed by atoms with Gasteiger partial charge in [0.05, 0.1) is 15.5 Å². The first-order valence-electron chi connectivity index (χ1n) is 6.70.